The molecule has 0 atom stereocenters. The van der Waals surface area contributed by atoms with Gasteiger partial charge in [-0.1, -0.05) is 56.2 Å². The topological polar surface area (TPSA) is 205 Å². The van der Waals surface area contributed by atoms with Crippen molar-refractivity contribution in [2.75, 3.05) is 43.9 Å². The molecular weight excluding hydrogens is 1130 g/mol. The number of carbonyl (C=O) groups is 6. The van der Waals surface area contributed by atoms with Crippen LogP contribution < -0.4 is 24.0 Å². The van der Waals surface area contributed by atoms with E-state index in [1.807, 2.05) is 29.3 Å². The average Bonchev–Trinajstić information content (AvgIpc) is 3.72. The van der Waals surface area contributed by atoms with Crippen molar-refractivity contribution in [2.45, 2.75) is 154 Å². The largest absolute Gasteiger partial charge is 0.494 e. The van der Waals surface area contributed by atoms with Gasteiger partial charge in [0.05, 0.1) is 72.2 Å². The minimum absolute atomic E-state index is 0.222. The van der Waals surface area contributed by atoms with Gasteiger partial charge >= 0.3 is 35.8 Å². The van der Waals surface area contributed by atoms with Crippen molar-refractivity contribution in [2.24, 2.45) is 16.9 Å². The molecule has 0 aliphatic heterocycles. The third-order valence-electron chi connectivity index (χ3n) is 14.8. The molecule has 0 N–H and O–H groups in total. The number of thiazole rings is 1. The van der Waals surface area contributed by atoms with Gasteiger partial charge in [0, 0.05) is 24.1 Å². The highest BCUT2D eigenvalue weighted by Crippen LogP contribution is 2.33. The van der Waals surface area contributed by atoms with Gasteiger partial charge in [-0.3, -0.25) is 14.4 Å². The molecule has 2 fully saturated rings. The molecule has 0 unspecified atom stereocenters. The first kappa shape index (κ1) is 65.2. The van der Waals surface area contributed by atoms with Gasteiger partial charge in [-0.2, -0.15) is 5.10 Å². The maximum atomic E-state index is 14.2. The smallest absolute Gasteiger partial charge is 0.339 e. The zero-order valence-corrected chi connectivity index (χ0v) is 50.3. The van der Waals surface area contributed by atoms with Crippen LogP contribution in [0.25, 0.3) is 10.2 Å². The van der Waals surface area contributed by atoms with Crippen molar-refractivity contribution >= 4 is 80.3 Å². The number of ether oxygens (including phenoxy) is 8. The predicted octanol–water partition coefficient (Wildman–Crippen LogP) is 14.1. The Bertz CT molecular complexity index is 2920. The van der Waals surface area contributed by atoms with Gasteiger partial charge < -0.3 is 37.9 Å². The van der Waals surface area contributed by atoms with E-state index in [1.54, 1.807) is 72.9 Å². The molecule has 5 aromatic rings. The van der Waals surface area contributed by atoms with Crippen molar-refractivity contribution in [3.05, 3.63) is 120 Å². The molecule has 2 saturated carbocycles. The highest BCUT2D eigenvalue weighted by atomic mass is 35.5. The van der Waals surface area contributed by atoms with E-state index in [1.165, 1.54) is 11.3 Å². The van der Waals surface area contributed by atoms with E-state index in [4.69, 9.17) is 59.6 Å². The summed E-state index contributed by atoms with van der Waals surface area (Å²) < 4.78 is 46.6. The molecule has 85 heavy (non-hydrogen) atoms. The van der Waals surface area contributed by atoms with Crippen molar-refractivity contribution in [1.82, 2.24) is 4.98 Å². The van der Waals surface area contributed by atoms with E-state index in [-0.39, 0.29) is 47.6 Å². The Kier molecular flexibility index (Phi) is 27.5. The number of halogens is 1. The Hall–Kier alpha value is -7.31. The fourth-order valence-corrected chi connectivity index (χ4v) is 11.0. The molecule has 0 radical (unpaired) electrons. The first-order valence-corrected chi connectivity index (χ1v) is 31.5. The van der Waals surface area contributed by atoms with Crippen LogP contribution >= 0.6 is 22.9 Å². The van der Waals surface area contributed by atoms with E-state index in [0.717, 1.165) is 93.3 Å². The first-order chi connectivity index (χ1) is 41.5. The van der Waals surface area contributed by atoms with E-state index in [0.29, 0.717) is 118 Å². The fraction of sp³-hybridized carbons (Fsp3) is 0.485. The Labute approximate surface area is 507 Å². The lowest BCUT2D eigenvalue weighted by molar-refractivity contribution is -0.143. The minimum atomic E-state index is -0.564. The number of esters is 6. The minimum Gasteiger partial charge on any atom is -0.494 e. The van der Waals surface area contributed by atoms with Gasteiger partial charge in [-0.25, -0.2) is 24.4 Å². The van der Waals surface area contributed by atoms with Crippen LogP contribution in [-0.4, -0.2) is 98.1 Å². The summed E-state index contributed by atoms with van der Waals surface area (Å²) in [5.74, 6) is -1.02. The average molecular weight is 1210 g/mol. The number of aromatic nitrogens is 1. The summed E-state index contributed by atoms with van der Waals surface area (Å²) in [6.45, 7) is 7.96. The second kappa shape index (κ2) is 35.9. The lowest BCUT2D eigenvalue weighted by Crippen LogP contribution is -2.30. The molecule has 2 aliphatic rings. The highest BCUT2D eigenvalue weighted by molar-refractivity contribution is 7.22. The van der Waals surface area contributed by atoms with Gasteiger partial charge in [0.25, 0.3) is 0 Å². The van der Waals surface area contributed by atoms with Crippen LogP contribution in [0.1, 0.15) is 168 Å². The third kappa shape index (κ3) is 22.2. The summed E-state index contributed by atoms with van der Waals surface area (Å²) >= 11 is 7.10. The molecule has 0 amide bonds. The van der Waals surface area contributed by atoms with Crippen LogP contribution in [0.5, 0.6) is 23.0 Å². The SMILES string of the molecule is C=CC(=O)OCCCCCCOc1ccc(C(=O)OC2CCC(C(=O)Oc3ccc(C(=O)OC4CCC(C(=O)Oc5ccc(OCCCCCCOC(=O)CCCl)cc5)CC4)c(/C=N/N(CCCCCC)c4nc5ccccc5s4)c3)CC2)cc1. The van der Waals surface area contributed by atoms with Gasteiger partial charge in [0.2, 0.25) is 5.13 Å². The van der Waals surface area contributed by atoms with Crippen LogP contribution in [0.2, 0.25) is 0 Å². The number of rotatable bonds is 35. The number of anilines is 1. The normalized spacial score (nSPS) is 16.7. The van der Waals surface area contributed by atoms with Crippen molar-refractivity contribution in [1.29, 1.82) is 0 Å². The number of nitrogens with zero attached hydrogens (tertiary/aromatic N) is 3. The molecule has 1 heterocycles. The molecule has 456 valence electrons. The lowest BCUT2D eigenvalue weighted by atomic mass is 9.87. The van der Waals surface area contributed by atoms with E-state index < -0.39 is 35.9 Å². The summed E-state index contributed by atoms with van der Waals surface area (Å²) in [5.41, 5.74) is 1.90. The van der Waals surface area contributed by atoms with E-state index >= 15 is 0 Å². The van der Waals surface area contributed by atoms with Crippen LogP contribution in [-0.2, 0) is 38.1 Å². The standard InChI is InChI=1S/C66H80ClN3O14S/c1-3-5-6-13-40-70(66-69-58-18-11-12-19-59(58)85-66)68-46-50-45-56(84-64(75)49-22-28-53(29-23-49)81-62(73)47-20-26-51(27-21-47)77-41-14-7-9-16-43-79-60(71)4-2)36-37-57(50)65(76)83-54-30-24-48(25-31-54)63(74)82-55-34-32-52(33-35-55)78-42-15-8-10-17-44-80-61(72)38-39-67/h4,11-12,18-21,26-27,32-37,45-46,48-49,53-54H,2-3,5-10,13-17,22-25,28-31,38-44H2,1H3/b68-46+. The molecule has 1 aromatic heterocycles. The fourth-order valence-electron chi connectivity index (χ4n) is 9.91. The first-order valence-electron chi connectivity index (χ1n) is 30.1. The van der Waals surface area contributed by atoms with E-state index in [9.17, 15) is 28.8 Å². The summed E-state index contributed by atoms with van der Waals surface area (Å²) in [4.78, 5) is 81.9. The zero-order valence-electron chi connectivity index (χ0n) is 48.8. The van der Waals surface area contributed by atoms with Gasteiger partial charge in [0.15, 0.2) is 0 Å². The van der Waals surface area contributed by atoms with Crippen LogP contribution in [0.3, 0.4) is 0 Å². The Morgan fingerprint density at radius 1 is 0.624 bits per heavy atom. The second-order valence-electron chi connectivity index (χ2n) is 21.3. The Balaban J connectivity index is 0.905. The quantitative estimate of drug-likeness (QED) is 0.00541. The molecule has 17 nitrogen and oxygen atoms in total. The maximum Gasteiger partial charge on any atom is 0.339 e. The summed E-state index contributed by atoms with van der Waals surface area (Å²) in [6.07, 6.45) is 16.9. The highest BCUT2D eigenvalue weighted by Gasteiger charge is 2.32. The molecule has 0 saturated heterocycles. The number of hydrazone groups is 1. The van der Waals surface area contributed by atoms with Crippen molar-refractivity contribution < 1.29 is 66.7 Å². The summed E-state index contributed by atoms with van der Waals surface area (Å²) in [7, 11) is 0. The van der Waals surface area contributed by atoms with E-state index in [2.05, 4.69) is 13.5 Å². The number of unbranched alkanes of at least 4 members (excludes halogenated alkanes) is 9. The van der Waals surface area contributed by atoms with Gasteiger partial charge in [0.1, 0.15) is 35.2 Å². The van der Waals surface area contributed by atoms with Crippen LogP contribution in [0.4, 0.5) is 5.13 Å². The van der Waals surface area contributed by atoms with Gasteiger partial charge in [-0.05, 0) is 188 Å². The molecule has 0 bridgehead atoms. The number of alkyl halides is 1. The number of hydrogen-bond donors (Lipinski definition) is 0. The molecule has 7 rings (SSSR count). The molecular formula is C66H80ClN3O14S. The van der Waals surface area contributed by atoms with Crippen molar-refractivity contribution in [3.8, 4) is 23.0 Å². The van der Waals surface area contributed by atoms with Crippen LogP contribution in [0, 0.1) is 11.8 Å². The lowest BCUT2D eigenvalue weighted by Gasteiger charge is -2.27. The zero-order chi connectivity index (χ0) is 60.0. The number of benzene rings is 4. The number of hydrogen-bond acceptors (Lipinski definition) is 18. The third-order valence-corrected chi connectivity index (χ3v) is 16.0. The van der Waals surface area contributed by atoms with Crippen LogP contribution in [0.15, 0.2) is 109 Å². The second-order valence-corrected chi connectivity index (χ2v) is 22.7. The summed E-state index contributed by atoms with van der Waals surface area (Å²) in [5, 5.41) is 7.49. The number of para-hydroxylation sites is 1. The predicted molar refractivity (Wildman–Crippen MR) is 327 cm³/mol. The Morgan fingerprint density at radius 2 is 1.16 bits per heavy atom. The molecule has 4 aromatic carbocycles. The Morgan fingerprint density at radius 3 is 1.76 bits per heavy atom. The summed E-state index contributed by atoms with van der Waals surface area (Å²) in [6, 6.07) is 26.5. The molecule has 0 spiro atoms. The van der Waals surface area contributed by atoms with Crippen molar-refractivity contribution in [3.63, 3.8) is 0 Å². The number of carbonyl (C=O) groups excluding carboxylic acids is 6. The molecule has 2 aliphatic carbocycles. The number of fused-ring (bicyclic) bond motifs is 1. The molecule has 19 heteroatoms. The maximum absolute atomic E-state index is 14.2. The monoisotopic (exact) mass is 1210 g/mol. The van der Waals surface area contributed by atoms with Gasteiger partial charge in [-0.15, -0.1) is 11.6 Å².